The highest BCUT2D eigenvalue weighted by molar-refractivity contribution is 5.79. The number of nitrogens with zero attached hydrogens (tertiary/aromatic N) is 5. The van der Waals surface area contributed by atoms with Gasteiger partial charge in [-0.2, -0.15) is 10.4 Å². The summed E-state index contributed by atoms with van der Waals surface area (Å²) in [4.78, 5) is 8.13. The predicted octanol–water partition coefficient (Wildman–Crippen LogP) is 1.69. The zero-order chi connectivity index (χ0) is 11.7. The van der Waals surface area contributed by atoms with Gasteiger partial charge in [0, 0.05) is 5.39 Å². The number of hydrogen-bond acceptors (Lipinski definition) is 4. The molecular formula is C12H7N5. The molecule has 5 heteroatoms. The summed E-state index contributed by atoms with van der Waals surface area (Å²) >= 11 is 0. The van der Waals surface area contributed by atoms with Gasteiger partial charge in [0.1, 0.15) is 6.07 Å². The first-order chi connectivity index (χ1) is 8.38. The zero-order valence-electron chi connectivity index (χ0n) is 8.78. The molecule has 3 aromatic rings. The van der Waals surface area contributed by atoms with Gasteiger partial charge in [0.25, 0.3) is 0 Å². The first-order valence-corrected chi connectivity index (χ1v) is 5.04. The molecule has 0 bridgehead atoms. The van der Waals surface area contributed by atoms with Crippen LogP contribution in [-0.4, -0.2) is 19.7 Å². The molecule has 0 unspecified atom stereocenters. The lowest BCUT2D eigenvalue weighted by Gasteiger charge is -2.01. The standard InChI is InChI=1S/C12H7N5/c13-5-10-7-15-12(8-14-10)17-11-4-2-1-3-9(11)6-16-17/h1-4,6-8H. The number of benzene rings is 1. The van der Waals surface area contributed by atoms with Crippen LogP contribution in [-0.2, 0) is 0 Å². The van der Waals surface area contributed by atoms with Gasteiger partial charge < -0.3 is 0 Å². The Morgan fingerprint density at radius 2 is 1.94 bits per heavy atom. The Hall–Kier alpha value is -2.74. The van der Waals surface area contributed by atoms with E-state index >= 15 is 0 Å². The van der Waals surface area contributed by atoms with Crippen LogP contribution in [0.2, 0.25) is 0 Å². The first kappa shape index (κ1) is 9.48. The molecule has 0 atom stereocenters. The minimum absolute atomic E-state index is 0.296. The fourth-order valence-corrected chi connectivity index (χ4v) is 1.64. The summed E-state index contributed by atoms with van der Waals surface area (Å²) in [7, 11) is 0. The topological polar surface area (TPSA) is 67.4 Å². The van der Waals surface area contributed by atoms with E-state index in [1.165, 1.54) is 12.4 Å². The van der Waals surface area contributed by atoms with Crippen molar-refractivity contribution in [2.75, 3.05) is 0 Å². The van der Waals surface area contributed by atoms with Crippen LogP contribution in [0.5, 0.6) is 0 Å². The van der Waals surface area contributed by atoms with Crippen LogP contribution >= 0.6 is 0 Å². The molecule has 80 valence electrons. The Kier molecular flexibility index (Phi) is 2.06. The van der Waals surface area contributed by atoms with E-state index in [2.05, 4.69) is 15.1 Å². The smallest absolute Gasteiger partial charge is 0.172 e. The van der Waals surface area contributed by atoms with E-state index in [1.807, 2.05) is 30.3 Å². The highest BCUT2D eigenvalue weighted by Crippen LogP contribution is 2.15. The van der Waals surface area contributed by atoms with E-state index < -0.39 is 0 Å². The molecule has 0 aliphatic rings. The van der Waals surface area contributed by atoms with E-state index in [0.29, 0.717) is 11.5 Å². The molecule has 0 amide bonds. The highest BCUT2D eigenvalue weighted by atomic mass is 15.3. The van der Waals surface area contributed by atoms with E-state index in [0.717, 1.165) is 10.9 Å². The van der Waals surface area contributed by atoms with Crippen LogP contribution < -0.4 is 0 Å². The molecule has 0 N–H and O–H groups in total. The number of aromatic nitrogens is 4. The largest absolute Gasteiger partial charge is 0.240 e. The molecule has 3 rings (SSSR count). The average molecular weight is 221 g/mol. The van der Waals surface area contributed by atoms with E-state index in [-0.39, 0.29) is 0 Å². The molecule has 17 heavy (non-hydrogen) atoms. The highest BCUT2D eigenvalue weighted by Gasteiger charge is 2.05. The summed E-state index contributed by atoms with van der Waals surface area (Å²) in [5.74, 6) is 0.602. The monoisotopic (exact) mass is 221 g/mol. The van der Waals surface area contributed by atoms with Crippen molar-refractivity contribution in [2.24, 2.45) is 0 Å². The fraction of sp³-hybridized carbons (Fsp3) is 0. The summed E-state index contributed by atoms with van der Waals surface area (Å²) in [5.41, 5.74) is 1.26. The first-order valence-electron chi connectivity index (χ1n) is 5.04. The summed E-state index contributed by atoms with van der Waals surface area (Å²) < 4.78 is 1.70. The maximum atomic E-state index is 8.66. The second-order valence-corrected chi connectivity index (χ2v) is 3.49. The van der Waals surface area contributed by atoms with Crippen LogP contribution in [0.15, 0.2) is 42.9 Å². The van der Waals surface area contributed by atoms with Crippen molar-refractivity contribution < 1.29 is 0 Å². The Morgan fingerprint density at radius 3 is 2.71 bits per heavy atom. The van der Waals surface area contributed by atoms with Crippen LogP contribution in [0, 0.1) is 11.3 Å². The third-order valence-corrected chi connectivity index (χ3v) is 2.45. The number of para-hydroxylation sites is 1. The van der Waals surface area contributed by atoms with Crippen molar-refractivity contribution >= 4 is 10.9 Å². The Balaban J connectivity index is 2.17. The van der Waals surface area contributed by atoms with Crippen LogP contribution in [0.4, 0.5) is 0 Å². The lowest BCUT2D eigenvalue weighted by atomic mass is 10.3. The molecule has 0 aliphatic carbocycles. The molecule has 2 aromatic heterocycles. The summed E-state index contributed by atoms with van der Waals surface area (Å²) in [6.07, 6.45) is 4.75. The second kappa shape index (κ2) is 3.68. The number of rotatable bonds is 1. The number of fused-ring (bicyclic) bond motifs is 1. The van der Waals surface area contributed by atoms with E-state index in [9.17, 15) is 0 Å². The predicted molar refractivity (Wildman–Crippen MR) is 61.4 cm³/mol. The molecule has 0 radical (unpaired) electrons. The molecule has 0 aliphatic heterocycles. The lowest BCUT2D eigenvalue weighted by Crippen LogP contribution is -2.00. The van der Waals surface area contributed by atoms with Gasteiger partial charge in [0.2, 0.25) is 0 Å². The van der Waals surface area contributed by atoms with Gasteiger partial charge >= 0.3 is 0 Å². The van der Waals surface area contributed by atoms with Crippen LogP contribution in [0.3, 0.4) is 0 Å². The molecule has 0 saturated heterocycles. The van der Waals surface area contributed by atoms with Crippen molar-refractivity contribution in [3.8, 4) is 11.9 Å². The van der Waals surface area contributed by atoms with Gasteiger partial charge in [0.15, 0.2) is 11.5 Å². The summed E-state index contributed by atoms with van der Waals surface area (Å²) in [6, 6.07) is 9.78. The van der Waals surface area contributed by atoms with Crippen molar-refractivity contribution in [1.29, 1.82) is 5.26 Å². The Bertz CT molecular complexity index is 706. The van der Waals surface area contributed by atoms with Gasteiger partial charge in [0.05, 0.1) is 24.1 Å². The molecule has 0 fully saturated rings. The van der Waals surface area contributed by atoms with E-state index in [4.69, 9.17) is 5.26 Å². The molecule has 1 aromatic carbocycles. The quantitative estimate of drug-likeness (QED) is 0.627. The van der Waals surface area contributed by atoms with Crippen molar-refractivity contribution in [3.05, 3.63) is 48.5 Å². The number of nitriles is 1. The van der Waals surface area contributed by atoms with Crippen LogP contribution in [0.25, 0.3) is 16.7 Å². The molecule has 0 saturated carbocycles. The molecular weight excluding hydrogens is 214 g/mol. The molecule has 5 nitrogen and oxygen atoms in total. The Labute approximate surface area is 97.0 Å². The second-order valence-electron chi connectivity index (χ2n) is 3.49. The maximum Gasteiger partial charge on any atom is 0.172 e. The Morgan fingerprint density at radius 1 is 1.06 bits per heavy atom. The minimum Gasteiger partial charge on any atom is -0.240 e. The van der Waals surface area contributed by atoms with Crippen molar-refractivity contribution in [2.45, 2.75) is 0 Å². The van der Waals surface area contributed by atoms with Gasteiger partial charge in [-0.3, -0.25) is 0 Å². The van der Waals surface area contributed by atoms with Crippen molar-refractivity contribution in [1.82, 2.24) is 19.7 Å². The van der Waals surface area contributed by atoms with Gasteiger partial charge in [-0.05, 0) is 6.07 Å². The molecule has 2 heterocycles. The van der Waals surface area contributed by atoms with Gasteiger partial charge in [-0.25, -0.2) is 14.6 Å². The zero-order valence-corrected chi connectivity index (χ0v) is 8.78. The van der Waals surface area contributed by atoms with Gasteiger partial charge in [-0.1, -0.05) is 18.2 Å². The average Bonchev–Trinajstić information content (AvgIpc) is 2.83. The van der Waals surface area contributed by atoms with Crippen LogP contribution in [0.1, 0.15) is 5.69 Å². The lowest BCUT2D eigenvalue weighted by molar-refractivity contribution is 0.862. The summed E-state index contributed by atoms with van der Waals surface area (Å²) in [6.45, 7) is 0. The summed E-state index contributed by atoms with van der Waals surface area (Å²) in [5, 5.41) is 13.9. The maximum absolute atomic E-state index is 8.66. The van der Waals surface area contributed by atoms with Crippen molar-refractivity contribution in [3.63, 3.8) is 0 Å². The van der Waals surface area contributed by atoms with Gasteiger partial charge in [-0.15, -0.1) is 0 Å². The third kappa shape index (κ3) is 1.52. The third-order valence-electron chi connectivity index (χ3n) is 2.45. The molecule has 0 spiro atoms. The number of hydrogen-bond donors (Lipinski definition) is 0. The SMILES string of the molecule is N#Cc1cnc(-n2ncc3ccccc32)cn1. The minimum atomic E-state index is 0.296. The fourth-order valence-electron chi connectivity index (χ4n) is 1.64. The van der Waals surface area contributed by atoms with E-state index in [1.54, 1.807) is 10.9 Å². The normalized spacial score (nSPS) is 10.3.